The number of hydrogen-bond acceptors (Lipinski definition) is 7. The quantitative estimate of drug-likeness (QED) is 0.500. The van der Waals surface area contributed by atoms with Gasteiger partial charge in [0.2, 0.25) is 5.95 Å². The molecule has 2 aromatic heterocycles. The fourth-order valence-electron chi connectivity index (χ4n) is 3.76. The van der Waals surface area contributed by atoms with Crippen molar-refractivity contribution in [1.29, 1.82) is 0 Å². The average Bonchev–Trinajstić information content (AvgIpc) is 3.35. The summed E-state index contributed by atoms with van der Waals surface area (Å²) in [6, 6.07) is 6.16. The molecule has 0 radical (unpaired) electrons. The number of aliphatic carboxylic acids is 1. The van der Waals surface area contributed by atoms with Gasteiger partial charge in [0.25, 0.3) is 0 Å². The summed E-state index contributed by atoms with van der Waals surface area (Å²) in [6.45, 7) is 1.84. The summed E-state index contributed by atoms with van der Waals surface area (Å²) in [5, 5.41) is 23.4. The highest BCUT2D eigenvalue weighted by atomic mass is 32.1. The highest BCUT2D eigenvalue weighted by molar-refractivity contribution is 7.15. The number of nitrogens with zero attached hydrogens (tertiary/aromatic N) is 3. The number of carbonyl (C=O) groups is 1. The third kappa shape index (κ3) is 4.58. The molecular formula is C21H19F3N4O3S. The maximum absolute atomic E-state index is 12.9. The second kappa shape index (κ2) is 8.14. The molecular weight excluding hydrogens is 445 g/mol. The summed E-state index contributed by atoms with van der Waals surface area (Å²) in [6.07, 6.45) is -1.11. The Bertz CT molecular complexity index is 1170. The molecule has 2 heterocycles. The van der Waals surface area contributed by atoms with E-state index in [1.807, 2.05) is 13.0 Å². The van der Waals surface area contributed by atoms with E-state index < -0.39 is 29.4 Å². The van der Waals surface area contributed by atoms with E-state index in [0.29, 0.717) is 23.5 Å². The first-order valence-electron chi connectivity index (χ1n) is 9.74. The van der Waals surface area contributed by atoms with Crippen molar-refractivity contribution < 1.29 is 28.2 Å². The van der Waals surface area contributed by atoms with Gasteiger partial charge in [-0.3, -0.25) is 4.79 Å². The number of aliphatic hydroxyl groups is 1. The summed E-state index contributed by atoms with van der Waals surface area (Å²) in [5.41, 5.74) is -0.223. The van der Waals surface area contributed by atoms with Crippen LogP contribution in [-0.2, 0) is 16.6 Å². The summed E-state index contributed by atoms with van der Waals surface area (Å²) in [5.74, 6) is -1.71. The molecule has 1 aliphatic carbocycles. The van der Waals surface area contributed by atoms with Crippen molar-refractivity contribution >= 4 is 28.9 Å². The number of anilines is 2. The van der Waals surface area contributed by atoms with Crippen molar-refractivity contribution in [3.8, 4) is 10.4 Å². The fourth-order valence-corrected chi connectivity index (χ4v) is 4.79. The molecule has 2 unspecified atom stereocenters. The fraction of sp³-hybridized carbons (Fsp3) is 0.333. The van der Waals surface area contributed by atoms with Gasteiger partial charge in [-0.25, -0.2) is 15.0 Å². The smallest absolute Gasteiger partial charge is 0.433 e. The molecule has 4 rings (SSSR count). The van der Waals surface area contributed by atoms with E-state index in [1.54, 1.807) is 18.3 Å². The number of rotatable bonds is 5. The molecule has 1 aliphatic rings. The Kier molecular flexibility index (Phi) is 5.63. The number of hydrogen-bond donors (Lipinski definition) is 3. The van der Waals surface area contributed by atoms with Crippen molar-refractivity contribution in [2.45, 2.75) is 38.0 Å². The molecule has 168 valence electrons. The molecule has 3 N–H and O–H groups in total. The Morgan fingerprint density at radius 2 is 2.06 bits per heavy atom. The summed E-state index contributed by atoms with van der Waals surface area (Å²) < 4.78 is 38.7. The Hall–Kier alpha value is -3.05. The molecule has 11 heteroatoms. The Morgan fingerprint density at radius 1 is 1.28 bits per heavy atom. The number of aryl methyl sites for hydroxylation is 1. The zero-order chi connectivity index (χ0) is 23.1. The Labute approximate surface area is 185 Å². The van der Waals surface area contributed by atoms with E-state index in [9.17, 15) is 28.2 Å². The second-order valence-electron chi connectivity index (χ2n) is 7.82. The van der Waals surface area contributed by atoms with Crippen LogP contribution in [0.4, 0.5) is 24.8 Å². The van der Waals surface area contributed by atoms with Crippen LogP contribution in [0.5, 0.6) is 0 Å². The monoisotopic (exact) mass is 464 g/mol. The Balaban J connectivity index is 1.59. The van der Waals surface area contributed by atoms with Crippen LogP contribution in [-0.4, -0.2) is 31.1 Å². The first kappa shape index (κ1) is 22.2. The van der Waals surface area contributed by atoms with Gasteiger partial charge in [-0.2, -0.15) is 13.2 Å². The van der Waals surface area contributed by atoms with Crippen LogP contribution < -0.4 is 5.32 Å². The molecule has 3 aromatic rings. The molecule has 0 bridgehead atoms. The zero-order valence-electron chi connectivity index (χ0n) is 16.8. The van der Waals surface area contributed by atoms with Crippen molar-refractivity contribution in [2.75, 3.05) is 5.32 Å². The number of carboxylic acids is 1. The van der Waals surface area contributed by atoms with Crippen molar-refractivity contribution in [1.82, 2.24) is 15.0 Å². The summed E-state index contributed by atoms with van der Waals surface area (Å²) in [7, 11) is 0. The molecule has 0 saturated heterocycles. The highest BCUT2D eigenvalue weighted by Gasteiger charge is 2.43. The number of thiazole rings is 1. The average molecular weight is 464 g/mol. The van der Waals surface area contributed by atoms with Crippen LogP contribution in [0.15, 0.2) is 36.7 Å². The number of benzene rings is 1. The molecule has 7 nitrogen and oxygen atoms in total. The molecule has 2 atom stereocenters. The third-order valence-electron chi connectivity index (χ3n) is 5.31. The van der Waals surface area contributed by atoms with Gasteiger partial charge in [0.15, 0.2) is 0 Å². The standard InChI is InChI=1S/C21H19F3N4O3S/c1-11-6-13(8-14(7-11)27-19-25-5-3-16(28-19)21(22,23)24)15-10-26-18(32-15)20(31)4-2-12(9-20)17(29)30/h3,5-8,10,12,31H,2,4,9H2,1H3,(H,29,30)(H,25,27,28). The number of alkyl halides is 3. The van der Waals surface area contributed by atoms with Crippen molar-refractivity contribution in [3.05, 3.63) is 52.9 Å². The third-order valence-corrected chi connectivity index (χ3v) is 6.55. The number of carboxylic acid groups (broad SMARTS) is 1. The van der Waals surface area contributed by atoms with Gasteiger partial charge in [0, 0.05) is 18.1 Å². The Morgan fingerprint density at radius 3 is 2.75 bits per heavy atom. The minimum absolute atomic E-state index is 0.114. The van der Waals surface area contributed by atoms with Crippen LogP contribution in [0.25, 0.3) is 10.4 Å². The normalized spacial score (nSPS) is 21.0. The lowest BCUT2D eigenvalue weighted by atomic mass is 10.0. The minimum atomic E-state index is -4.57. The van der Waals surface area contributed by atoms with Crippen molar-refractivity contribution in [3.63, 3.8) is 0 Å². The van der Waals surface area contributed by atoms with Gasteiger partial charge in [0.05, 0.1) is 10.8 Å². The lowest BCUT2D eigenvalue weighted by Gasteiger charge is -2.19. The van der Waals surface area contributed by atoms with Crippen LogP contribution >= 0.6 is 11.3 Å². The number of halogens is 3. The van der Waals surface area contributed by atoms with E-state index in [0.717, 1.165) is 28.3 Å². The zero-order valence-corrected chi connectivity index (χ0v) is 17.7. The van der Waals surface area contributed by atoms with E-state index in [2.05, 4.69) is 20.3 Å². The van der Waals surface area contributed by atoms with E-state index >= 15 is 0 Å². The first-order chi connectivity index (χ1) is 15.0. The molecule has 1 saturated carbocycles. The van der Waals surface area contributed by atoms with E-state index in [1.165, 1.54) is 11.3 Å². The second-order valence-corrected chi connectivity index (χ2v) is 8.85. The van der Waals surface area contributed by atoms with Crippen LogP contribution in [0.1, 0.15) is 35.5 Å². The van der Waals surface area contributed by atoms with E-state index in [-0.39, 0.29) is 12.4 Å². The summed E-state index contributed by atoms with van der Waals surface area (Å²) in [4.78, 5) is 23.7. The van der Waals surface area contributed by atoms with Gasteiger partial charge in [0.1, 0.15) is 16.3 Å². The minimum Gasteiger partial charge on any atom is -0.481 e. The molecule has 0 spiro atoms. The lowest BCUT2D eigenvalue weighted by molar-refractivity contribution is -0.142. The van der Waals surface area contributed by atoms with Crippen LogP contribution in [0.2, 0.25) is 0 Å². The highest BCUT2D eigenvalue weighted by Crippen LogP contribution is 2.45. The molecule has 1 fully saturated rings. The van der Waals surface area contributed by atoms with Gasteiger partial charge in [-0.05, 0) is 55.5 Å². The predicted molar refractivity (Wildman–Crippen MR) is 111 cm³/mol. The van der Waals surface area contributed by atoms with Gasteiger partial charge >= 0.3 is 12.1 Å². The van der Waals surface area contributed by atoms with Crippen LogP contribution in [0.3, 0.4) is 0 Å². The topological polar surface area (TPSA) is 108 Å². The van der Waals surface area contributed by atoms with Gasteiger partial charge in [-0.1, -0.05) is 6.07 Å². The lowest BCUT2D eigenvalue weighted by Crippen LogP contribution is -2.22. The SMILES string of the molecule is Cc1cc(Nc2nccc(C(F)(F)F)n2)cc(-c2cnc(C3(O)CCC(C(=O)O)C3)s2)c1. The summed E-state index contributed by atoms with van der Waals surface area (Å²) >= 11 is 1.26. The number of aromatic nitrogens is 3. The maximum Gasteiger partial charge on any atom is 0.433 e. The molecule has 1 aromatic carbocycles. The first-order valence-corrected chi connectivity index (χ1v) is 10.6. The predicted octanol–water partition coefficient (Wildman–Crippen LogP) is 4.74. The largest absolute Gasteiger partial charge is 0.481 e. The maximum atomic E-state index is 12.9. The molecule has 32 heavy (non-hydrogen) atoms. The van der Waals surface area contributed by atoms with Gasteiger partial charge in [-0.15, -0.1) is 11.3 Å². The van der Waals surface area contributed by atoms with Gasteiger partial charge < -0.3 is 15.5 Å². The number of nitrogens with one attached hydrogen (secondary N) is 1. The van der Waals surface area contributed by atoms with E-state index in [4.69, 9.17) is 0 Å². The molecule has 0 aliphatic heterocycles. The van der Waals surface area contributed by atoms with Crippen LogP contribution in [0, 0.1) is 12.8 Å². The van der Waals surface area contributed by atoms with Crippen molar-refractivity contribution in [2.24, 2.45) is 5.92 Å². The molecule has 0 amide bonds.